The number of benzene rings is 2. The van der Waals surface area contributed by atoms with E-state index in [1.54, 1.807) is 0 Å². The highest BCUT2D eigenvalue weighted by molar-refractivity contribution is 6.36. The van der Waals surface area contributed by atoms with Gasteiger partial charge in [0.1, 0.15) is 25.3 Å². The minimum atomic E-state index is -1.04. The molecule has 0 unspecified atom stereocenters. The second-order valence-electron chi connectivity index (χ2n) is 4.24. The molecule has 0 aliphatic rings. The predicted molar refractivity (Wildman–Crippen MR) is 68.4 cm³/mol. The van der Waals surface area contributed by atoms with E-state index in [1.165, 1.54) is 6.92 Å². The number of halogens is 4. The van der Waals surface area contributed by atoms with Crippen LogP contribution in [0.5, 0.6) is 5.75 Å². The smallest absolute Gasteiger partial charge is 0.168 e. The van der Waals surface area contributed by atoms with Gasteiger partial charge in [-0.05, 0) is 24.0 Å². The monoisotopic (exact) mass is 280 g/mol. The molecule has 0 aromatic heterocycles. The molecule has 6 heteroatoms. The summed E-state index contributed by atoms with van der Waals surface area (Å²) in [6, 6.07) is 2.30. The zero-order valence-corrected chi connectivity index (χ0v) is 10.7. The fraction of sp³-hybridized carbons (Fsp3) is 0.143. The summed E-state index contributed by atoms with van der Waals surface area (Å²) in [5.74, 6) is -4.20. The van der Waals surface area contributed by atoms with Crippen LogP contribution >= 0.6 is 0 Å². The molecule has 102 valence electrons. The zero-order valence-electron chi connectivity index (χ0n) is 10.7. The Labute approximate surface area is 114 Å². The fourth-order valence-corrected chi connectivity index (χ4v) is 1.93. The maximum absolute atomic E-state index is 13.9. The third-order valence-electron chi connectivity index (χ3n) is 2.95. The Bertz CT molecular complexity index is 686. The molecule has 0 saturated carbocycles. The van der Waals surface area contributed by atoms with Crippen molar-refractivity contribution in [3.8, 4) is 16.9 Å². The third-order valence-corrected chi connectivity index (χ3v) is 2.95. The quantitative estimate of drug-likeness (QED) is 0.607. The molecule has 2 aromatic rings. The number of ether oxygens (including phenoxy) is 1. The average molecular weight is 280 g/mol. The van der Waals surface area contributed by atoms with Crippen LogP contribution in [0, 0.1) is 30.2 Å². The van der Waals surface area contributed by atoms with E-state index >= 15 is 0 Å². The van der Waals surface area contributed by atoms with E-state index in [4.69, 9.17) is 12.6 Å². The van der Waals surface area contributed by atoms with Gasteiger partial charge in [-0.3, -0.25) is 0 Å². The maximum Gasteiger partial charge on any atom is 0.168 e. The van der Waals surface area contributed by atoms with E-state index in [2.05, 4.69) is 0 Å². The Morgan fingerprint density at radius 2 is 1.50 bits per heavy atom. The first kappa shape index (κ1) is 14.4. The van der Waals surface area contributed by atoms with Crippen molar-refractivity contribution in [2.75, 3.05) is 7.11 Å². The van der Waals surface area contributed by atoms with Crippen LogP contribution in [0.1, 0.15) is 5.56 Å². The Hall–Kier alpha value is -1.98. The second-order valence-corrected chi connectivity index (χ2v) is 4.24. The molecule has 0 aliphatic heterocycles. The van der Waals surface area contributed by atoms with Crippen molar-refractivity contribution in [3.63, 3.8) is 0 Å². The van der Waals surface area contributed by atoms with Crippen LogP contribution in [0.25, 0.3) is 11.1 Å². The largest absolute Gasteiger partial charge is 0.493 e. The maximum atomic E-state index is 13.9. The standard InChI is InChI=1S/C14H9BF4O/c1-6-3-7(9(17)4-8(6)16)12-13(15)10(18)5-11(19)14(12)20-2/h3-5H,1-2H3. The van der Waals surface area contributed by atoms with Crippen molar-refractivity contribution >= 4 is 13.3 Å². The van der Waals surface area contributed by atoms with Gasteiger partial charge in [-0.2, -0.15) is 0 Å². The van der Waals surface area contributed by atoms with Gasteiger partial charge in [-0.25, -0.2) is 17.6 Å². The summed E-state index contributed by atoms with van der Waals surface area (Å²) in [6.45, 7) is 1.40. The third kappa shape index (κ3) is 2.26. The molecule has 2 rings (SSSR count). The van der Waals surface area contributed by atoms with Crippen LogP contribution in [-0.4, -0.2) is 15.0 Å². The van der Waals surface area contributed by atoms with Gasteiger partial charge in [0.25, 0.3) is 0 Å². The van der Waals surface area contributed by atoms with Crippen LogP contribution in [0.2, 0.25) is 0 Å². The van der Waals surface area contributed by atoms with Crippen molar-refractivity contribution in [2.45, 2.75) is 6.92 Å². The van der Waals surface area contributed by atoms with Crippen LogP contribution in [0.4, 0.5) is 17.6 Å². The predicted octanol–water partition coefficient (Wildman–Crippen LogP) is 3.02. The topological polar surface area (TPSA) is 9.23 Å². The molecule has 0 atom stereocenters. The van der Waals surface area contributed by atoms with Crippen molar-refractivity contribution in [1.82, 2.24) is 0 Å². The number of rotatable bonds is 2. The van der Waals surface area contributed by atoms with Gasteiger partial charge in [0, 0.05) is 23.3 Å². The lowest BCUT2D eigenvalue weighted by Gasteiger charge is -2.15. The van der Waals surface area contributed by atoms with E-state index in [0.717, 1.165) is 13.2 Å². The van der Waals surface area contributed by atoms with Crippen molar-refractivity contribution in [1.29, 1.82) is 0 Å². The van der Waals surface area contributed by atoms with Crippen molar-refractivity contribution in [3.05, 3.63) is 47.0 Å². The lowest BCUT2D eigenvalue weighted by molar-refractivity contribution is 0.386. The molecule has 2 radical (unpaired) electrons. The lowest BCUT2D eigenvalue weighted by Crippen LogP contribution is -2.16. The summed E-state index contributed by atoms with van der Waals surface area (Å²) in [5, 5.41) is 0. The second kappa shape index (κ2) is 5.19. The highest BCUT2D eigenvalue weighted by atomic mass is 19.1. The molecule has 0 N–H and O–H groups in total. The first-order chi connectivity index (χ1) is 9.36. The molecule has 0 aliphatic carbocycles. The molecule has 0 saturated heterocycles. The SMILES string of the molecule is [B]c1c(F)cc(F)c(OC)c1-c1cc(C)c(F)cc1F. The first-order valence-corrected chi connectivity index (χ1v) is 5.64. The van der Waals surface area contributed by atoms with Crippen LogP contribution in [0.15, 0.2) is 18.2 Å². The molecule has 0 heterocycles. The van der Waals surface area contributed by atoms with Gasteiger partial charge in [0.15, 0.2) is 11.6 Å². The molecule has 0 amide bonds. The number of aryl methyl sites for hydroxylation is 1. The summed E-state index contributed by atoms with van der Waals surface area (Å²) in [6.07, 6.45) is 0. The number of hydrogen-bond donors (Lipinski definition) is 0. The highest BCUT2D eigenvalue weighted by Crippen LogP contribution is 2.34. The molecular formula is C14H9BF4O. The van der Waals surface area contributed by atoms with Gasteiger partial charge >= 0.3 is 0 Å². The highest BCUT2D eigenvalue weighted by Gasteiger charge is 2.21. The molecule has 0 bridgehead atoms. The van der Waals surface area contributed by atoms with Crippen molar-refractivity contribution < 1.29 is 22.3 Å². The summed E-state index contributed by atoms with van der Waals surface area (Å²) in [7, 11) is 6.68. The lowest BCUT2D eigenvalue weighted by atomic mass is 9.85. The minimum absolute atomic E-state index is 0.118. The van der Waals surface area contributed by atoms with E-state index in [0.29, 0.717) is 12.1 Å². The molecule has 1 nitrogen and oxygen atoms in total. The average Bonchev–Trinajstić information content (AvgIpc) is 2.38. The first-order valence-electron chi connectivity index (χ1n) is 5.64. The van der Waals surface area contributed by atoms with E-state index < -0.39 is 34.5 Å². The summed E-state index contributed by atoms with van der Waals surface area (Å²) >= 11 is 0. The van der Waals surface area contributed by atoms with Gasteiger partial charge in [0.05, 0.1) is 7.11 Å². The summed E-state index contributed by atoms with van der Waals surface area (Å²) < 4.78 is 59.2. The normalized spacial score (nSPS) is 10.7. The van der Waals surface area contributed by atoms with Gasteiger partial charge < -0.3 is 4.74 Å². The summed E-state index contributed by atoms with van der Waals surface area (Å²) in [5.41, 5.74) is -0.845. The Morgan fingerprint density at radius 1 is 0.900 bits per heavy atom. The molecule has 0 spiro atoms. The van der Waals surface area contributed by atoms with Crippen LogP contribution in [-0.2, 0) is 0 Å². The fourth-order valence-electron chi connectivity index (χ4n) is 1.93. The van der Waals surface area contributed by atoms with Gasteiger partial charge in [-0.1, -0.05) is 0 Å². The Balaban J connectivity index is 2.85. The van der Waals surface area contributed by atoms with Crippen LogP contribution in [0.3, 0.4) is 0 Å². The zero-order chi connectivity index (χ0) is 15.0. The van der Waals surface area contributed by atoms with E-state index in [1.807, 2.05) is 0 Å². The van der Waals surface area contributed by atoms with Crippen LogP contribution < -0.4 is 10.2 Å². The molecule has 20 heavy (non-hydrogen) atoms. The Morgan fingerprint density at radius 3 is 2.10 bits per heavy atom. The van der Waals surface area contributed by atoms with Crippen molar-refractivity contribution in [2.24, 2.45) is 0 Å². The van der Waals surface area contributed by atoms with Gasteiger partial charge in [-0.15, -0.1) is 0 Å². The van der Waals surface area contributed by atoms with Gasteiger partial charge in [0.2, 0.25) is 0 Å². The molecule has 0 fully saturated rings. The molecular weight excluding hydrogens is 271 g/mol. The number of hydrogen-bond acceptors (Lipinski definition) is 1. The minimum Gasteiger partial charge on any atom is -0.493 e. The summed E-state index contributed by atoms with van der Waals surface area (Å²) in [4.78, 5) is 0. The van der Waals surface area contributed by atoms with E-state index in [9.17, 15) is 17.6 Å². The van der Waals surface area contributed by atoms with E-state index in [-0.39, 0.29) is 16.7 Å². The number of methoxy groups -OCH3 is 1. The Kier molecular flexibility index (Phi) is 3.75. The molecule has 2 aromatic carbocycles.